The van der Waals surface area contributed by atoms with Gasteiger partial charge in [-0.05, 0) is 30.9 Å². The second-order valence-electron chi connectivity index (χ2n) is 6.23. The van der Waals surface area contributed by atoms with Gasteiger partial charge >= 0.3 is 0 Å². The molecule has 0 aromatic carbocycles. The van der Waals surface area contributed by atoms with Gasteiger partial charge in [0.1, 0.15) is 0 Å². The van der Waals surface area contributed by atoms with E-state index in [9.17, 15) is 4.79 Å². The molecule has 1 amide bonds. The van der Waals surface area contributed by atoms with Crippen LogP contribution in [0.25, 0.3) is 0 Å². The lowest BCUT2D eigenvalue weighted by molar-refractivity contribution is 0.0465. The van der Waals surface area contributed by atoms with E-state index in [4.69, 9.17) is 4.42 Å². The molecule has 0 radical (unpaired) electrons. The maximum Gasteiger partial charge on any atom is 0.289 e. The Hall–Kier alpha value is -1.29. The standard InChI is InChI=1S/C16H24N2O2/c1-13-4-2-5-14(12-13)17-7-9-18(10-8-17)16(19)15-6-3-11-20-15/h3,6,11,13-14H,2,4-5,7-10,12H2,1H3/t13-,14+/m1/s1. The highest BCUT2D eigenvalue weighted by Gasteiger charge is 2.29. The number of rotatable bonds is 2. The topological polar surface area (TPSA) is 36.7 Å². The van der Waals surface area contributed by atoms with Crippen molar-refractivity contribution in [2.24, 2.45) is 5.92 Å². The van der Waals surface area contributed by atoms with Gasteiger partial charge in [0, 0.05) is 32.2 Å². The molecule has 4 heteroatoms. The van der Waals surface area contributed by atoms with E-state index in [-0.39, 0.29) is 5.91 Å². The maximum absolute atomic E-state index is 12.2. The second-order valence-corrected chi connectivity index (χ2v) is 6.23. The lowest BCUT2D eigenvalue weighted by Gasteiger charge is -2.41. The van der Waals surface area contributed by atoms with Crippen molar-refractivity contribution < 1.29 is 9.21 Å². The summed E-state index contributed by atoms with van der Waals surface area (Å²) in [4.78, 5) is 16.7. The van der Waals surface area contributed by atoms with Crippen LogP contribution < -0.4 is 0 Å². The van der Waals surface area contributed by atoms with Crippen molar-refractivity contribution in [1.29, 1.82) is 0 Å². The summed E-state index contributed by atoms with van der Waals surface area (Å²) in [7, 11) is 0. The van der Waals surface area contributed by atoms with Crippen LogP contribution in [-0.2, 0) is 0 Å². The molecule has 4 nitrogen and oxygen atoms in total. The number of hydrogen-bond donors (Lipinski definition) is 0. The molecule has 0 bridgehead atoms. The molecule has 3 rings (SSSR count). The number of furan rings is 1. The summed E-state index contributed by atoms with van der Waals surface area (Å²) in [6, 6.07) is 4.25. The van der Waals surface area contributed by atoms with Crippen LogP contribution in [0.1, 0.15) is 43.2 Å². The lowest BCUT2D eigenvalue weighted by Crippen LogP contribution is -2.52. The van der Waals surface area contributed by atoms with E-state index in [1.165, 1.54) is 25.7 Å². The molecule has 1 aromatic heterocycles. The third-order valence-corrected chi connectivity index (χ3v) is 4.76. The lowest BCUT2D eigenvalue weighted by atomic mass is 9.86. The highest BCUT2D eigenvalue weighted by Crippen LogP contribution is 2.28. The van der Waals surface area contributed by atoms with E-state index < -0.39 is 0 Å². The number of carbonyl (C=O) groups is 1. The highest BCUT2D eigenvalue weighted by molar-refractivity contribution is 5.91. The second kappa shape index (κ2) is 6.00. The summed E-state index contributed by atoms with van der Waals surface area (Å²) in [6.45, 7) is 6.02. The molecule has 2 atom stereocenters. The SMILES string of the molecule is C[C@@H]1CCC[C@H](N2CCN(C(=O)c3ccco3)CC2)C1. The fourth-order valence-electron chi connectivity index (χ4n) is 3.58. The zero-order valence-electron chi connectivity index (χ0n) is 12.3. The number of hydrogen-bond acceptors (Lipinski definition) is 3. The minimum absolute atomic E-state index is 0.0339. The molecule has 2 heterocycles. The molecule has 1 aliphatic heterocycles. The summed E-state index contributed by atoms with van der Waals surface area (Å²) in [5.41, 5.74) is 0. The van der Waals surface area contributed by atoms with Crippen LogP contribution in [0.3, 0.4) is 0 Å². The Morgan fingerprint density at radius 3 is 2.70 bits per heavy atom. The Balaban J connectivity index is 1.53. The van der Waals surface area contributed by atoms with Crippen LogP contribution in [0, 0.1) is 5.92 Å². The van der Waals surface area contributed by atoms with Crippen molar-refractivity contribution in [3.63, 3.8) is 0 Å². The van der Waals surface area contributed by atoms with Gasteiger partial charge < -0.3 is 9.32 Å². The molecular weight excluding hydrogens is 252 g/mol. The van der Waals surface area contributed by atoms with Crippen molar-refractivity contribution in [3.8, 4) is 0 Å². The van der Waals surface area contributed by atoms with E-state index in [2.05, 4.69) is 11.8 Å². The third kappa shape index (κ3) is 2.90. The quantitative estimate of drug-likeness (QED) is 0.833. The molecule has 1 saturated heterocycles. The van der Waals surface area contributed by atoms with Crippen LogP contribution in [0.15, 0.2) is 22.8 Å². The fraction of sp³-hybridized carbons (Fsp3) is 0.688. The van der Waals surface area contributed by atoms with Gasteiger partial charge in [0.15, 0.2) is 5.76 Å². The van der Waals surface area contributed by atoms with Gasteiger partial charge in [-0.2, -0.15) is 0 Å². The van der Waals surface area contributed by atoms with Crippen molar-refractivity contribution in [3.05, 3.63) is 24.2 Å². The number of carbonyl (C=O) groups excluding carboxylic acids is 1. The zero-order valence-corrected chi connectivity index (χ0v) is 12.3. The normalized spacial score (nSPS) is 28.6. The van der Waals surface area contributed by atoms with Crippen molar-refractivity contribution in [2.75, 3.05) is 26.2 Å². The van der Waals surface area contributed by atoms with Gasteiger partial charge in [-0.15, -0.1) is 0 Å². The summed E-state index contributed by atoms with van der Waals surface area (Å²) < 4.78 is 5.20. The Bertz CT molecular complexity index is 435. The van der Waals surface area contributed by atoms with Crippen LogP contribution in [-0.4, -0.2) is 47.9 Å². The molecule has 1 aromatic rings. The molecule has 20 heavy (non-hydrogen) atoms. The zero-order chi connectivity index (χ0) is 13.9. The Morgan fingerprint density at radius 2 is 2.05 bits per heavy atom. The van der Waals surface area contributed by atoms with E-state index in [1.807, 2.05) is 4.90 Å². The first kappa shape index (κ1) is 13.7. The predicted octanol–water partition coefficient (Wildman–Crippen LogP) is 2.62. The van der Waals surface area contributed by atoms with Crippen LogP contribution >= 0.6 is 0 Å². The van der Waals surface area contributed by atoms with Gasteiger partial charge in [-0.25, -0.2) is 0 Å². The molecule has 2 fully saturated rings. The number of amides is 1. The van der Waals surface area contributed by atoms with E-state index in [1.54, 1.807) is 18.4 Å². The molecule has 0 unspecified atom stereocenters. The molecular formula is C16H24N2O2. The molecule has 0 N–H and O–H groups in total. The van der Waals surface area contributed by atoms with Gasteiger partial charge in [0.2, 0.25) is 0 Å². The predicted molar refractivity (Wildman–Crippen MR) is 77.6 cm³/mol. The average molecular weight is 276 g/mol. The van der Waals surface area contributed by atoms with Crippen LogP contribution in [0.5, 0.6) is 0 Å². The van der Waals surface area contributed by atoms with Gasteiger partial charge in [-0.3, -0.25) is 9.69 Å². The van der Waals surface area contributed by atoms with Gasteiger partial charge in [0.25, 0.3) is 5.91 Å². The summed E-state index contributed by atoms with van der Waals surface area (Å²) in [6.07, 6.45) is 6.96. The van der Waals surface area contributed by atoms with Gasteiger partial charge in [-0.1, -0.05) is 19.8 Å². The largest absolute Gasteiger partial charge is 0.459 e. The fourth-order valence-corrected chi connectivity index (χ4v) is 3.58. The molecule has 2 aliphatic rings. The smallest absolute Gasteiger partial charge is 0.289 e. The highest BCUT2D eigenvalue weighted by atomic mass is 16.3. The van der Waals surface area contributed by atoms with Crippen LogP contribution in [0.2, 0.25) is 0 Å². The first-order chi connectivity index (χ1) is 9.74. The summed E-state index contributed by atoms with van der Waals surface area (Å²) >= 11 is 0. The van der Waals surface area contributed by atoms with Crippen molar-refractivity contribution >= 4 is 5.91 Å². The summed E-state index contributed by atoms with van der Waals surface area (Å²) in [5, 5.41) is 0. The molecule has 110 valence electrons. The van der Waals surface area contributed by atoms with Crippen LogP contribution in [0.4, 0.5) is 0 Å². The van der Waals surface area contributed by atoms with E-state index in [0.29, 0.717) is 5.76 Å². The van der Waals surface area contributed by atoms with Crippen molar-refractivity contribution in [1.82, 2.24) is 9.80 Å². The number of nitrogens with zero attached hydrogens (tertiary/aromatic N) is 2. The Labute approximate surface area is 120 Å². The minimum Gasteiger partial charge on any atom is -0.459 e. The number of piperazine rings is 1. The minimum atomic E-state index is 0.0339. The Morgan fingerprint density at radius 1 is 1.25 bits per heavy atom. The van der Waals surface area contributed by atoms with E-state index >= 15 is 0 Å². The monoisotopic (exact) mass is 276 g/mol. The average Bonchev–Trinajstić information content (AvgIpc) is 3.01. The molecule has 1 aliphatic carbocycles. The molecule has 0 spiro atoms. The Kier molecular flexibility index (Phi) is 4.10. The van der Waals surface area contributed by atoms with E-state index in [0.717, 1.165) is 38.1 Å². The summed E-state index contributed by atoms with van der Waals surface area (Å²) in [5.74, 6) is 1.35. The van der Waals surface area contributed by atoms with Gasteiger partial charge in [0.05, 0.1) is 6.26 Å². The maximum atomic E-state index is 12.2. The first-order valence-corrected chi connectivity index (χ1v) is 7.81. The molecule has 1 saturated carbocycles. The first-order valence-electron chi connectivity index (χ1n) is 7.81. The third-order valence-electron chi connectivity index (χ3n) is 4.76. The van der Waals surface area contributed by atoms with Crippen molar-refractivity contribution in [2.45, 2.75) is 38.6 Å².